The van der Waals surface area contributed by atoms with Crippen LogP contribution in [0.2, 0.25) is 5.02 Å². The Morgan fingerprint density at radius 2 is 1.96 bits per heavy atom. The molecule has 0 atom stereocenters. The molecule has 0 bridgehead atoms. The zero-order chi connectivity index (χ0) is 17.8. The summed E-state index contributed by atoms with van der Waals surface area (Å²) < 4.78 is 7.04. The fraction of sp³-hybridized carbons (Fsp3) is 0.0526. The summed E-state index contributed by atoms with van der Waals surface area (Å²) in [6.45, 7) is 0. The number of ether oxygens (including phenoxy) is 1. The number of hydrogen-bond acceptors (Lipinski definition) is 3. The number of rotatable bonds is 5. The van der Waals surface area contributed by atoms with Gasteiger partial charge in [0.05, 0.1) is 35.3 Å². The zero-order valence-corrected chi connectivity index (χ0v) is 14.1. The largest absolute Gasteiger partial charge is 0.495 e. The van der Waals surface area contributed by atoms with Gasteiger partial charge in [-0.15, -0.1) is 0 Å². The van der Waals surface area contributed by atoms with Gasteiger partial charge in [0.15, 0.2) is 0 Å². The number of hydrogen-bond donors (Lipinski definition) is 1. The van der Waals surface area contributed by atoms with Crippen LogP contribution >= 0.6 is 11.6 Å². The summed E-state index contributed by atoms with van der Waals surface area (Å²) in [6.07, 6.45) is 3.61. The van der Waals surface area contributed by atoms with E-state index in [1.165, 1.54) is 0 Å². The number of benzene rings is 2. The second-order valence-electron chi connectivity index (χ2n) is 5.23. The molecular formula is C19H15ClN2O3. The van der Waals surface area contributed by atoms with Crippen LogP contribution in [0, 0.1) is 0 Å². The second kappa shape index (κ2) is 7.23. The molecule has 5 nitrogen and oxygen atoms in total. The number of carboxylic acids is 1. The highest BCUT2D eigenvalue weighted by molar-refractivity contribution is 6.32. The number of carboxylic acid groups (broad SMARTS) is 1. The third-order valence-electron chi connectivity index (χ3n) is 3.65. The number of methoxy groups -OCH3 is 1. The van der Waals surface area contributed by atoms with E-state index in [4.69, 9.17) is 21.4 Å². The molecule has 0 aliphatic heterocycles. The van der Waals surface area contributed by atoms with Crippen molar-refractivity contribution < 1.29 is 14.6 Å². The molecule has 1 heterocycles. The summed E-state index contributed by atoms with van der Waals surface area (Å²) in [6, 6.07) is 15.8. The minimum Gasteiger partial charge on any atom is -0.495 e. The van der Waals surface area contributed by atoms with Crippen molar-refractivity contribution >= 4 is 29.5 Å². The molecule has 0 fully saturated rings. The molecule has 0 radical (unpaired) electrons. The standard InChI is InChI=1S/C19H15ClN2O3/c1-25-18-9-6-14(11-17(18)20)21-12-16-3-2-10-22(16)15-7-4-13(5-8-15)19(23)24/h2-12H,1H3,(H,23,24). The summed E-state index contributed by atoms with van der Waals surface area (Å²) in [5, 5.41) is 9.48. The molecule has 3 aromatic rings. The van der Waals surface area contributed by atoms with Crippen LogP contribution in [0.15, 0.2) is 65.8 Å². The van der Waals surface area contributed by atoms with E-state index in [1.54, 1.807) is 49.7 Å². The maximum Gasteiger partial charge on any atom is 0.335 e. The molecule has 1 aromatic heterocycles. The van der Waals surface area contributed by atoms with Crippen molar-refractivity contribution in [2.75, 3.05) is 7.11 Å². The molecule has 0 amide bonds. The monoisotopic (exact) mass is 354 g/mol. The van der Waals surface area contributed by atoms with Gasteiger partial charge in [0.25, 0.3) is 0 Å². The molecule has 0 spiro atoms. The topological polar surface area (TPSA) is 63.8 Å². The minimum absolute atomic E-state index is 0.249. The number of aromatic nitrogens is 1. The van der Waals surface area contributed by atoms with Crippen molar-refractivity contribution in [2.45, 2.75) is 0 Å². The lowest BCUT2D eigenvalue weighted by atomic mass is 10.2. The van der Waals surface area contributed by atoms with E-state index < -0.39 is 5.97 Å². The molecule has 0 aliphatic carbocycles. The zero-order valence-electron chi connectivity index (χ0n) is 13.4. The molecule has 126 valence electrons. The molecule has 1 N–H and O–H groups in total. The minimum atomic E-state index is -0.947. The molecule has 25 heavy (non-hydrogen) atoms. The summed E-state index contributed by atoms with van der Waals surface area (Å²) >= 11 is 6.11. The van der Waals surface area contributed by atoms with Gasteiger partial charge in [-0.05, 0) is 54.6 Å². The van der Waals surface area contributed by atoms with E-state index in [1.807, 2.05) is 29.0 Å². The second-order valence-corrected chi connectivity index (χ2v) is 5.64. The van der Waals surface area contributed by atoms with E-state index in [-0.39, 0.29) is 5.56 Å². The average Bonchev–Trinajstić information content (AvgIpc) is 3.08. The Bertz CT molecular complexity index is 930. The number of aliphatic imine (C=N–C) groups is 1. The lowest BCUT2D eigenvalue weighted by Crippen LogP contribution is -2.00. The van der Waals surface area contributed by atoms with E-state index in [0.29, 0.717) is 16.5 Å². The first-order chi connectivity index (χ1) is 12.1. The van der Waals surface area contributed by atoms with Gasteiger partial charge in [-0.25, -0.2) is 4.79 Å². The molecule has 0 saturated carbocycles. The lowest BCUT2D eigenvalue weighted by molar-refractivity contribution is 0.0697. The Morgan fingerprint density at radius 3 is 2.60 bits per heavy atom. The van der Waals surface area contributed by atoms with Crippen LogP contribution in [-0.4, -0.2) is 29.0 Å². The van der Waals surface area contributed by atoms with Crippen molar-refractivity contribution in [1.29, 1.82) is 0 Å². The normalized spacial score (nSPS) is 11.0. The van der Waals surface area contributed by atoms with Crippen LogP contribution in [0.5, 0.6) is 5.75 Å². The third-order valence-corrected chi connectivity index (χ3v) is 3.95. The van der Waals surface area contributed by atoms with Gasteiger partial charge >= 0.3 is 5.97 Å². The van der Waals surface area contributed by atoms with Gasteiger partial charge in [-0.1, -0.05) is 11.6 Å². The van der Waals surface area contributed by atoms with E-state index >= 15 is 0 Å². The van der Waals surface area contributed by atoms with Gasteiger partial charge in [0, 0.05) is 11.9 Å². The van der Waals surface area contributed by atoms with Gasteiger partial charge in [-0.3, -0.25) is 4.99 Å². The number of nitrogens with zero attached hydrogens (tertiary/aromatic N) is 2. The predicted octanol–water partition coefficient (Wildman–Crippen LogP) is 4.59. The van der Waals surface area contributed by atoms with Crippen LogP contribution < -0.4 is 4.74 Å². The first kappa shape index (κ1) is 16.8. The van der Waals surface area contributed by atoms with Gasteiger partial charge < -0.3 is 14.4 Å². The quantitative estimate of drug-likeness (QED) is 0.681. The van der Waals surface area contributed by atoms with Crippen molar-refractivity contribution in [1.82, 2.24) is 4.57 Å². The van der Waals surface area contributed by atoms with E-state index in [0.717, 1.165) is 11.4 Å². The SMILES string of the molecule is COc1ccc(N=Cc2cccn2-c2ccc(C(=O)O)cc2)cc1Cl. The van der Waals surface area contributed by atoms with E-state index in [2.05, 4.69) is 4.99 Å². The average molecular weight is 355 g/mol. The molecular weight excluding hydrogens is 340 g/mol. The molecule has 3 rings (SSSR count). The summed E-state index contributed by atoms with van der Waals surface area (Å²) in [4.78, 5) is 15.4. The first-order valence-electron chi connectivity index (χ1n) is 7.47. The lowest BCUT2D eigenvalue weighted by Gasteiger charge is -2.07. The van der Waals surface area contributed by atoms with Crippen LogP contribution in [0.3, 0.4) is 0 Å². The summed E-state index contributed by atoms with van der Waals surface area (Å²) in [7, 11) is 1.56. The first-order valence-corrected chi connectivity index (χ1v) is 7.85. The molecule has 2 aromatic carbocycles. The molecule has 0 unspecified atom stereocenters. The Hall–Kier alpha value is -3.05. The smallest absolute Gasteiger partial charge is 0.335 e. The van der Waals surface area contributed by atoms with E-state index in [9.17, 15) is 4.79 Å². The highest BCUT2D eigenvalue weighted by atomic mass is 35.5. The van der Waals surface area contributed by atoms with Gasteiger partial charge in [0.1, 0.15) is 5.75 Å². The maximum absolute atomic E-state index is 11.0. The highest BCUT2D eigenvalue weighted by Gasteiger charge is 2.05. The third kappa shape index (κ3) is 3.72. The highest BCUT2D eigenvalue weighted by Crippen LogP contribution is 2.28. The number of aromatic carboxylic acids is 1. The van der Waals surface area contributed by atoms with Crippen molar-refractivity contribution in [3.05, 3.63) is 77.1 Å². The molecule has 6 heteroatoms. The molecule has 0 aliphatic rings. The Morgan fingerprint density at radius 1 is 1.20 bits per heavy atom. The number of carbonyl (C=O) groups is 1. The fourth-order valence-corrected chi connectivity index (χ4v) is 2.63. The predicted molar refractivity (Wildman–Crippen MR) is 98.0 cm³/mol. The van der Waals surface area contributed by atoms with Crippen molar-refractivity contribution in [3.63, 3.8) is 0 Å². The van der Waals surface area contributed by atoms with Crippen LogP contribution in [-0.2, 0) is 0 Å². The summed E-state index contributed by atoms with van der Waals surface area (Å²) in [5.41, 5.74) is 2.66. The maximum atomic E-state index is 11.0. The Labute approximate surface area is 149 Å². The summed E-state index contributed by atoms with van der Waals surface area (Å²) in [5.74, 6) is -0.347. The van der Waals surface area contributed by atoms with Gasteiger partial charge in [0.2, 0.25) is 0 Å². The van der Waals surface area contributed by atoms with Crippen LogP contribution in [0.1, 0.15) is 16.1 Å². The van der Waals surface area contributed by atoms with Crippen molar-refractivity contribution in [2.24, 2.45) is 4.99 Å². The van der Waals surface area contributed by atoms with Crippen molar-refractivity contribution in [3.8, 4) is 11.4 Å². The number of halogens is 1. The molecule has 0 saturated heterocycles. The fourth-order valence-electron chi connectivity index (χ4n) is 2.38. The van der Waals surface area contributed by atoms with Gasteiger partial charge in [-0.2, -0.15) is 0 Å². The Kier molecular flexibility index (Phi) is 4.86. The Balaban J connectivity index is 1.86. The van der Waals surface area contributed by atoms with Crippen LogP contribution in [0.4, 0.5) is 5.69 Å². The van der Waals surface area contributed by atoms with Crippen LogP contribution in [0.25, 0.3) is 5.69 Å².